The maximum absolute atomic E-state index is 12.3. The van der Waals surface area contributed by atoms with E-state index in [0.717, 1.165) is 25.0 Å². The first-order chi connectivity index (χ1) is 12.0. The van der Waals surface area contributed by atoms with Crippen molar-refractivity contribution in [2.75, 3.05) is 45.8 Å². The van der Waals surface area contributed by atoms with Gasteiger partial charge in [-0.15, -0.1) is 0 Å². The summed E-state index contributed by atoms with van der Waals surface area (Å²) in [7, 11) is 0. The van der Waals surface area contributed by atoms with Crippen molar-refractivity contribution in [3.8, 4) is 0 Å². The zero-order chi connectivity index (χ0) is 17.8. The molecule has 0 aliphatic carbocycles. The van der Waals surface area contributed by atoms with Gasteiger partial charge in [0, 0.05) is 31.6 Å². The smallest absolute Gasteiger partial charge is 0.225 e. The van der Waals surface area contributed by atoms with Crippen LogP contribution in [-0.2, 0) is 4.79 Å². The minimum atomic E-state index is 0.141. The zero-order valence-electron chi connectivity index (χ0n) is 16.8. The van der Waals surface area contributed by atoms with Crippen LogP contribution in [0.5, 0.6) is 0 Å². The Morgan fingerprint density at radius 3 is 2.28 bits per heavy atom. The average molecular weight is 350 g/mol. The summed E-state index contributed by atoms with van der Waals surface area (Å²) in [5.41, 5.74) is 0. The Morgan fingerprint density at radius 1 is 0.960 bits per heavy atom. The highest BCUT2D eigenvalue weighted by Crippen LogP contribution is 2.25. The lowest BCUT2D eigenvalue weighted by Crippen LogP contribution is -2.50. The predicted octanol–water partition coefficient (Wildman–Crippen LogP) is 3.08. The molecule has 25 heavy (non-hydrogen) atoms. The molecule has 3 saturated heterocycles. The lowest BCUT2D eigenvalue weighted by atomic mass is 9.93. The molecule has 0 aromatic rings. The van der Waals surface area contributed by atoms with E-state index < -0.39 is 0 Å². The lowest BCUT2D eigenvalue weighted by molar-refractivity contribution is -0.136. The van der Waals surface area contributed by atoms with Gasteiger partial charge in [-0.05, 0) is 76.5 Å². The quantitative estimate of drug-likeness (QED) is 0.780. The number of hydrogen-bond donors (Lipinski definition) is 0. The van der Waals surface area contributed by atoms with Gasteiger partial charge in [0.25, 0.3) is 0 Å². The van der Waals surface area contributed by atoms with Gasteiger partial charge in [0.05, 0.1) is 0 Å². The first-order valence-corrected chi connectivity index (χ1v) is 10.8. The van der Waals surface area contributed by atoms with Crippen LogP contribution in [0.25, 0.3) is 0 Å². The average Bonchev–Trinajstić information content (AvgIpc) is 2.62. The van der Waals surface area contributed by atoms with Gasteiger partial charge in [-0.25, -0.2) is 0 Å². The molecular weight excluding hydrogens is 310 g/mol. The second kappa shape index (κ2) is 8.85. The van der Waals surface area contributed by atoms with Crippen LogP contribution in [0.2, 0.25) is 0 Å². The molecule has 3 aliphatic rings. The highest BCUT2D eigenvalue weighted by atomic mass is 16.2. The van der Waals surface area contributed by atoms with Gasteiger partial charge < -0.3 is 14.7 Å². The summed E-state index contributed by atoms with van der Waals surface area (Å²) in [6, 6.07) is 0.828. The van der Waals surface area contributed by atoms with Crippen LogP contribution in [0, 0.1) is 17.8 Å². The number of hydrogen-bond acceptors (Lipinski definition) is 3. The van der Waals surface area contributed by atoms with Gasteiger partial charge in [-0.2, -0.15) is 0 Å². The van der Waals surface area contributed by atoms with Crippen molar-refractivity contribution in [2.45, 2.75) is 65.3 Å². The molecule has 0 radical (unpaired) electrons. The molecule has 0 bridgehead atoms. The molecule has 3 fully saturated rings. The van der Waals surface area contributed by atoms with Crippen LogP contribution in [0.15, 0.2) is 0 Å². The summed E-state index contributed by atoms with van der Waals surface area (Å²) in [5.74, 6) is 2.10. The minimum Gasteiger partial charge on any atom is -0.342 e. The summed E-state index contributed by atoms with van der Waals surface area (Å²) in [4.78, 5) is 19.9. The topological polar surface area (TPSA) is 26.8 Å². The zero-order valence-corrected chi connectivity index (χ0v) is 16.8. The highest BCUT2D eigenvalue weighted by molar-refractivity contribution is 5.78. The largest absolute Gasteiger partial charge is 0.342 e. The molecule has 3 aliphatic heterocycles. The molecule has 0 N–H and O–H groups in total. The fourth-order valence-electron chi connectivity index (χ4n) is 5.01. The first-order valence-electron chi connectivity index (χ1n) is 10.8. The van der Waals surface area contributed by atoms with Crippen molar-refractivity contribution < 1.29 is 4.79 Å². The fraction of sp³-hybridized carbons (Fsp3) is 0.952. The van der Waals surface area contributed by atoms with Crippen molar-refractivity contribution in [1.29, 1.82) is 0 Å². The standard InChI is InChI=1S/C21H39N3O/c1-17(2)21(25)24-10-4-5-19(16-24)15-22-11-8-20(9-12-22)23-13-6-18(3)7-14-23/h17-20H,4-16H2,1-3H3/t19-/m1/s1. The number of amides is 1. The number of rotatable bonds is 4. The Labute approximate surface area is 154 Å². The number of piperidine rings is 3. The third-order valence-corrected chi connectivity index (χ3v) is 6.73. The predicted molar refractivity (Wildman–Crippen MR) is 104 cm³/mol. The second-order valence-corrected chi connectivity index (χ2v) is 9.20. The van der Waals surface area contributed by atoms with Gasteiger partial charge in [-0.3, -0.25) is 4.79 Å². The van der Waals surface area contributed by atoms with Crippen molar-refractivity contribution in [1.82, 2.24) is 14.7 Å². The van der Waals surface area contributed by atoms with E-state index in [1.165, 1.54) is 71.2 Å². The molecule has 4 heteroatoms. The van der Waals surface area contributed by atoms with E-state index in [4.69, 9.17) is 0 Å². The molecule has 0 aromatic heterocycles. The highest BCUT2D eigenvalue weighted by Gasteiger charge is 2.30. The Balaban J connectivity index is 1.40. The van der Waals surface area contributed by atoms with E-state index in [1.807, 2.05) is 13.8 Å². The molecule has 3 rings (SSSR count). The van der Waals surface area contributed by atoms with Crippen molar-refractivity contribution >= 4 is 5.91 Å². The molecule has 0 unspecified atom stereocenters. The molecular formula is C21H39N3O. The SMILES string of the molecule is CC1CCN(C2CCN(C[C@H]3CCCN(C(=O)C(C)C)C3)CC2)CC1. The van der Waals surface area contributed by atoms with Crippen LogP contribution >= 0.6 is 0 Å². The molecule has 1 amide bonds. The monoisotopic (exact) mass is 349 g/mol. The number of carbonyl (C=O) groups excluding carboxylic acids is 1. The summed E-state index contributed by atoms with van der Waals surface area (Å²) >= 11 is 0. The summed E-state index contributed by atoms with van der Waals surface area (Å²) in [5, 5.41) is 0. The summed E-state index contributed by atoms with van der Waals surface area (Å²) < 4.78 is 0. The second-order valence-electron chi connectivity index (χ2n) is 9.20. The maximum Gasteiger partial charge on any atom is 0.225 e. The Hall–Kier alpha value is -0.610. The van der Waals surface area contributed by atoms with Crippen molar-refractivity contribution in [3.63, 3.8) is 0 Å². The third-order valence-electron chi connectivity index (χ3n) is 6.73. The number of likely N-dealkylation sites (tertiary alicyclic amines) is 3. The van der Waals surface area contributed by atoms with Crippen LogP contribution in [0.4, 0.5) is 0 Å². The van der Waals surface area contributed by atoms with Gasteiger partial charge in [-0.1, -0.05) is 20.8 Å². The summed E-state index contributed by atoms with van der Waals surface area (Å²) in [6.07, 6.45) is 7.95. The van der Waals surface area contributed by atoms with Crippen LogP contribution < -0.4 is 0 Å². The molecule has 144 valence electrons. The van der Waals surface area contributed by atoms with Crippen LogP contribution in [0.1, 0.15) is 59.3 Å². The maximum atomic E-state index is 12.3. The van der Waals surface area contributed by atoms with E-state index in [2.05, 4.69) is 21.6 Å². The van der Waals surface area contributed by atoms with Crippen LogP contribution in [-0.4, -0.2) is 72.5 Å². The Bertz CT molecular complexity index is 423. The van der Waals surface area contributed by atoms with E-state index >= 15 is 0 Å². The number of nitrogens with zero attached hydrogens (tertiary/aromatic N) is 3. The third kappa shape index (κ3) is 5.19. The minimum absolute atomic E-state index is 0.141. The van der Waals surface area contributed by atoms with Gasteiger partial charge in [0.1, 0.15) is 0 Å². The molecule has 4 nitrogen and oxygen atoms in total. The fourth-order valence-corrected chi connectivity index (χ4v) is 5.01. The normalized spacial score (nSPS) is 28.6. The van der Waals surface area contributed by atoms with Crippen molar-refractivity contribution in [2.24, 2.45) is 17.8 Å². The Kier molecular flexibility index (Phi) is 6.79. The molecule has 0 saturated carbocycles. The van der Waals surface area contributed by atoms with Gasteiger partial charge in [0.2, 0.25) is 5.91 Å². The molecule has 1 atom stereocenters. The van der Waals surface area contributed by atoms with Gasteiger partial charge >= 0.3 is 0 Å². The van der Waals surface area contributed by atoms with Crippen molar-refractivity contribution in [3.05, 3.63) is 0 Å². The van der Waals surface area contributed by atoms with E-state index in [0.29, 0.717) is 11.8 Å². The first kappa shape index (κ1) is 19.2. The van der Waals surface area contributed by atoms with Gasteiger partial charge in [0.15, 0.2) is 0 Å². The number of carbonyl (C=O) groups is 1. The van der Waals surface area contributed by atoms with Crippen LogP contribution in [0.3, 0.4) is 0 Å². The molecule has 3 heterocycles. The molecule has 0 aromatic carbocycles. The lowest BCUT2D eigenvalue weighted by Gasteiger charge is -2.43. The molecule has 0 spiro atoms. The Morgan fingerprint density at radius 2 is 1.64 bits per heavy atom. The van der Waals surface area contributed by atoms with E-state index in [9.17, 15) is 4.79 Å². The van der Waals surface area contributed by atoms with E-state index in [-0.39, 0.29) is 5.92 Å². The summed E-state index contributed by atoms with van der Waals surface area (Å²) in [6.45, 7) is 14.8. The van der Waals surface area contributed by atoms with E-state index in [1.54, 1.807) is 0 Å².